The Morgan fingerprint density at radius 2 is 1.17 bits per heavy atom. The molecular formula is C42H70N12O11. The van der Waals surface area contributed by atoms with E-state index >= 15 is 0 Å². The van der Waals surface area contributed by atoms with E-state index in [2.05, 4.69) is 47.9 Å². The maximum absolute atomic E-state index is 14.2. The Morgan fingerprint density at radius 3 is 1.66 bits per heavy atom. The van der Waals surface area contributed by atoms with E-state index in [1.54, 1.807) is 51.1 Å². The third-order valence-electron chi connectivity index (χ3n) is 10.3. The number of carbonyl (C=O) groups excluding carboxylic acids is 9. The number of rotatable bonds is 17. The molecule has 2 rings (SSSR count). The van der Waals surface area contributed by atoms with Crippen molar-refractivity contribution in [2.75, 3.05) is 32.8 Å². The fourth-order valence-corrected chi connectivity index (χ4v) is 6.77. The molecule has 0 aromatic heterocycles. The van der Waals surface area contributed by atoms with Gasteiger partial charge in [-0.2, -0.15) is 0 Å². The van der Waals surface area contributed by atoms with Crippen molar-refractivity contribution in [2.24, 2.45) is 23.1 Å². The second-order valence-corrected chi connectivity index (χ2v) is 16.3. The fraction of sp³-hybridized carbons (Fsp3) is 0.643. The van der Waals surface area contributed by atoms with Crippen LogP contribution in [0.5, 0.6) is 0 Å². The van der Waals surface area contributed by atoms with Crippen molar-refractivity contribution in [3.8, 4) is 0 Å². The summed E-state index contributed by atoms with van der Waals surface area (Å²) in [5.74, 6) is -7.74. The van der Waals surface area contributed by atoms with Crippen LogP contribution >= 0.6 is 0 Å². The van der Waals surface area contributed by atoms with Crippen LogP contribution in [-0.2, 0) is 49.6 Å². The average Bonchev–Trinajstić information content (AvgIpc) is 3.25. The minimum absolute atomic E-state index is 0.0413. The van der Waals surface area contributed by atoms with Crippen LogP contribution < -0.4 is 65.1 Å². The molecule has 1 aromatic rings. The molecule has 1 aliphatic rings. The molecule has 0 radical (unpaired) electrons. The van der Waals surface area contributed by atoms with E-state index in [4.69, 9.17) is 17.2 Å². The van der Waals surface area contributed by atoms with E-state index in [0.717, 1.165) is 0 Å². The SMILES string of the molecule is CCCC(=O)N[C@H](CO)C(=O)N[C@H]1CCNC(=O)[C@H]([C@@H](C)O)NC(=O)[C@H](CCN)NC(=O)[C@H](CCN)NC(=O)[C@H](CC(C)C)NC(=O)[C@@H](Cc2ccccc2)NC(=O)[C@H](CCN)NC1=O. The summed E-state index contributed by atoms with van der Waals surface area (Å²) < 4.78 is 0. The van der Waals surface area contributed by atoms with Gasteiger partial charge < -0.3 is 75.3 Å². The number of nitrogens with two attached hydrogens (primary N) is 3. The summed E-state index contributed by atoms with van der Waals surface area (Å²) in [6.45, 7) is 5.01. The molecule has 0 saturated carbocycles. The van der Waals surface area contributed by atoms with Gasteiger partial charge >= 0.3 is 0 Å². The first-order valence-electron chi connectivity index (χ1n) is 22.0. The van der Waals surface area contributed by atoms with Gasteiger partial charge in [0, 0.05) is 19.4 Å². The Bertz CT molecular complexity index is 1750. The molecule has 0 aliphatic carbocycles. The molecule has 17 N–H and O–H groups in total. The maximum Gasteiger partial charge on any atom is 0.245 e. The molecule has 9 atom stereocenters. The number of aliphatic hydroxyl groups is 2. The summed E-state index contributed by atoms with van der Waals surface area (Å²) >= 11 is 0. The number of hydrogen-bond donors (Lipinski definition) is 14. The van der Waals surface area contributed by atoms with Gasteiger partial charge in [0.1, 0.15) is 48.3 Å². The Labute approximate surface area is 379 Å². The lowest BCUT2D eigenvalue weighted by molar-refractivity contribution is -0.136. The van der Waals surface area contributed by atoms with Crippen molar-refractivity contribution in [3.05, 3.63) is 35.9 Å². The Morgan fingerprint density at radius 1 is 0.692 bits per heavy atom. The Hall–Kier alpha value is -5.75. The lowest BCUT2D eigenvalue weighted by atomic mass is 10.00. The highest BCUT2D eigenvalue weighted by molar-refractivity contribution is 5.98. The molecule has 1 fully saturated rings. The van der Waals surface area contributed by atoms with Crippen LogP contribution in [0.3, 0.4) is 0 Å². The summed E-state index contributed by atoms with van der Waals surface area (Å²) in [6, 6.07) is -2.68. The Balaban J connectivity index is 2.71. The van der Waals surface area contributed by atoms with Gasteiger partial charge in [0.2, 0.25) is 53.2 Å². The first kappa shape index (κ1) is 55.4. The van der Waals surface area contributed by atoms with E-state index in [0.29, 0.717) is 12.0 Å². The number of hydrogen-bond acceptors (Lipinski definition) is 14. The summed E-state index contributed by atoms with van der Waals surface area (Å²) in [5, 5.41) is 43.3. The summed E-state index contributed by atoms with van der Waals surface area (Å²) in [6.07, 6.45) is -1.76. The second kappa shape index (κ2) is 28.9. The number of benzene rings is 1. The van der Waals surface area contributed by atoms with Gasteiger partial charge in [-0.05, 0) is 76.6 Å². The molecule has 1 heterocycles. The first-order valence-corrected chi connectivity index (χ1v) is 22.0. The lowest BCUT2D eigenvalue weighted by Crippen LogP contribution is -2.61. The van der Waals surface area contributed by atoms with E-state index in [9.17, 15) is 53.4 Å². The standard InChI is InChI=1S/C42H70N12O11/c1-5-9-33(57)47-32(22-55)41(64)51-29-15-19-46-42(65)34(24(4)56)54-38(61)28(14-18-45)49-35(58)26(12-16-43)50-39(62)30(20-23(2)3)52-40(63)31(21-25-10-7-6-8-11-25)53-36(59)27(13-17-44)48-37(29)60/h6-8,10-11,23-24,26-32,34,55-56H,5,9,12-22,43-45H2,1-4H3,(H,46,65)(H,47,57)(H,48,60)(H,49,58)(H,50,62)(H,51,64)(H,52,63)(H,53,59)(H,54,61)/t24-,26+,27+,28+,29+,30+,31-,32-,34+/m1/s1. The average molecular weight is 919 g/mol. The van der Waals surface area contributed by atoms with Crippen LogP contribution in [0.1, 0.15) is 78.2 Å². The van der Waals surface area contributed by atoms with Crippen LogP contribution in [0, 0.1) is 5.92 Å². The molecule has 9 amide bonds. The molecule has 1 aliphatic heterocycles. The van der Waals surface area contributed by atoms with Crippen molar-refractivity contribution < 1.29 is 53.4 Å². The van der Waals surface area contributed by atoms with Gasteiger partial charge in [0.25, 0.3) is 0 Å². The fourth-order valence-electron chi connectivity index (χ4n) is 6.77. The largest absolute Gasteiger partial charge is 0.394 e. The maximum atomic E-state index is 14.2. The summed E-state index contributed by atoms with van der Waals surface area (Å²) in [4.78, 5) is 123. The molecular weight excluding hydrogens is 849 g/mol. The number of aliphatic hydroxyl groups excluding tert-OH is 2. The summed E-state index contributed by atoms with van der Waals surface area (Å²) in [7, 11) is 0. The highest BCUT2D eigenvalue weighted by atomic mass is 16.3. The lowest BCUT2D eigenvalue weighted by Gasteiger charge is -2.28. The normalized spacial score (nSPS) is 24.5. The summed E-state index contributed by atoms with van der Waals surface area (Å²) in [5.41, 5.74) is 18.1. The zero-order valence-electron chi connectivity index (χ0n) is 37.7. The molecule has 23 heteroatoms. The number of carbonyl (C=O) groups is 9. The van der Waals surface area contributed by atoms with Crippen molar-refractivity contribution in [3.63, 3.8) is 0 Å². The van der Waals surface area contributed by atoms with Crippen molar-refractivity contribution in [2.45, 2.75) is 134 Å². The topological polar surface area (TPSA) is 380 Å². The van der Waals surface area contributed by atoms with E-state index in [1.165, 1.54) is 6.92 Å². The van der Waals surface area contributed by atoms with Crippen LogP contribution in [0.25, 0.3) is 0 Å². The molecule has 0 spiro atoms. The van der Waals surface area contributed by atoms with Gasteiger partial charge in [-0.3, -0.25) is 43.2 Å². The molecule has 23 nitrogen and oxygen atoms in total. The van der Waals surface area contributed by atoms with Gasteiger partial charge in [0.15, 0.2) is 0 Å². The third-order valence-corrected chi connectivity index (χ3v) is 10.3. The van der Waals surface area contributed by atoms with Gasteiger partial charge in [-0.25, -0.2) is 0 Å². The van der Waals surface area contributed by atoms with Crippen LogP contribution in [0.15, 0.2) is 30.3 Å². The minimum atomic E-state index is -1.61. The quantitative estimate of drug-likeness (QED) is 0.0696. The van der Waals surface area contributed by atoms with Crippen molar-refractivity contribution in [1.29, 1.82) is 0 Å². The van der Waals surface area contributed by atoms with E-state index in [1.807, 2.05) is 0 Å². The molecule has 1 aromatic carbocycles. The molecule has 65 heavy (non-hydrogen) atoms. The smallest absolute Gasteiger partial charge is 0.245 e. The van der Waals surface area contributed by atoms with Crippen LogP contribution in [0.4, 0.5) is 0 Å². The zero-order valence-corrected chi connectivity index (χ0v) is 37.7. The Kier molecular flexibility index (Phi) is 24.6. The zero-order chi connectivity index (χ0) is 48.6. The third kappa shape index (κ3) is 19.1. The molecule has 0 unspecified atom stereocenters. The first-order chi connectivity index (χ1) is 30.9. The van der Waals surface area contributed by atoms with Gasteiger partial charge in [-0.15, -0.1) is 0 Å². The van der Waals surface area contributed by atoms with Crippen LogP contribution in [0.2, 0.25) is 0 Å². The molecule has 0 bridgehead atoms. The predicted octanol–water partition coefficient (Wildman–Crippen LogP) is -5.11. The van der Waals surface area contributed by atoms with Crippen molar-refractivity contribution in [1.82, 2.24) is 47.9 Å². The van der Waals surface area contributed by atoms with Gasteiger partial charge in [0.05, 0.1) is 12.7 Å². The van der Waals surface area contributed by atoms with Gasteiger partial charge in [-0.1, -0.05) is 51.1 Å². The minimum Gasteiger partial charge on any atom is -0.394 e. The number of amides is 9. The highest BCUT2D eigenvalue weighted by Crippen LogP contribution is 2.11. The van der Waals surface area contributed by atoms with E-state index in [-0.39, 0.29) is 77.0 Å². The molecule has 1 saturated heterocycles. The second-order valence-electron chi connectivity index (χ2n) is 16.3. The molecule has 364 valence electrons. The van der Waals surface area contributed by atoms with Crippen LogP contribution in [-0.4, -0.2) is 151 Å². The van der Waals surface area contributed by atoms with Crippen molar-refractivity contribution >= 4 is 53.2 Å². The highest BCUT2D eigenvalue weighted by Gasteiger charge is 2.36. The predicted molar refractivity (Wildman–Crippen MR) is 237 cm³/mol. The monoisotopic (exact) mass is 919 g/mol. The number of nitrogens with one attached hydrogen (secondary N) is 9. The van der Waals surface area contributed by atoms with E-state index < -0.39 is 114 Å².